The maximum absolute atomic E-state index is 13.3. The summed E-state index contributed by atoms with van der Waals surface area (Å²) in [6.45, 7) is 12.6. The number of anilines is 1. The molecular weight excluding hydrogens is 455 g/mol. The smallest absolute Gasteiger partial charge is 0.315 e. The van der Waals surface area contributed by atoms with E-state index in [0.29, 0.717) is 12.6 Å². The van der Waals surface area contributed by atoms with E-state index in [1.165, 1.54) is 17.8 Å². The largest absolute Gasteiger partial charge is 0.489 e. The van der Waals surface area contributed by atoms with Gasteiger partial charge in [-0.1, -0.05) is 38.1 Å². The second-order valence-corrected chi connectivity index (χ2v) is 9.62. The first-order chi connectivity index (χ1) is 17.5. The fourth-order valence-corrected chi connectivity index (χ4v) is 5.05. The standard InChI is InChI=1S/C27H37FN4O2.C2H6/c1-20(2)34-26-9-4-3-8-25(26)32-16-14-31(15-17-32)24-12-10-23(11-13-24)30-27(33)29-19-21-6-5-7-22(28)18-21;1-2/h3-9,18,20,23-24H,10-17,19H2,1-2H3,(H2,29,30,33);1-2H3. The van der Waals surface area contributed by atoms with Crippen molar-refractivity contribution in [2.75, 3.05) is 31.1 Å². The topological polar surface area (TPSA) is 56.8 Å². The van der Waals surface area contributed by atoms with Crippen molar-refractivity contribution in [1.82, 2.24) is 15.5 Å². The lowest BCUT2D eigenvalue weighted by molar-refractivity contribution is 0.136. The predicted molar refractivity (Wildman–Crippen MR) is 145 cm³/mol. The molecule has 2 fully saturated rings. The molecule has 2 aromatic carbocycles. The van der Waals surface area contributed by atoms with Gasteiger partial charge in [-0.2, -0.15) is 0 Å². The minimum atomic E-state index is -0.285. The van der Waals surface area contributed by atoms with Crippen LogP contribution in [0.15, 0.2) is 48.5 Å². The molecule has 2 N–H and O–H groups in total. The Hall–Kier alpha value is -2.80. The van der Waals surface area contributed by atoms with Gasteiger partial charge in [0.25, 0.3) is 0 Å². The average molecular weight is 499 g/mol. The highest BCUT2D eigenvalue weighted by Crippen LogP contribution is 2.31. The Kier molecular flexibility index (Phi) is 10.9. The molecule has 0 unspecified atom stereocenters. The lowest BCUT2D eigenvalue weighted by Gasteiger charge is -2.43. The van der Waals surface area contributed by atoms with Crippen molar-refractivity contribution in [3.8, 4) is 5.75 Å². The van der Waals surface area contributed by atoms with Gasteiger partial charge in [-0.25, -0.2) is 9.18 Å². The number of nitrogens with one attached hydrogen (secondary N) is 2. The molecule has 2 aromatic rings. The lowest BCUT2D eigenvalue weighted by atomic mass is 9.90. The second-order valence-electron chi connectivity index (χ2n) is 9.62. The van der Waals surface area contributed by atoms with Crippen LogP contribution in [0.4, 0.5) is 14.9 Å². The van der Waals surface area contributed by atoms with Crippen LogP contribution in [0.25, 0.3) is 0 Å². The summed E-state index contributed by atoms with van der Waals surface area (Å²) in [6.07, 6.45) is 4.34. The number of hydrogen-bond donors (Lipinski definition) is 2. The second kappa shape index (κ2) is 14.1. The number of benzene rings is 2. The average Bonchev–Trinajstić information content (AvgIpc) is 2.89. The third kappa shape index (κ3) is 8.12. The molecule has 1 heterocycles. The number of hydrogen-bond acceptors (Lipinski definition) is 4. The Morgan fingerprint density at radius 1 is 1.00 bits per heavy atom. The first-order valence-electron chi connectivity index (χ1n) is 13.5. The van der Waals surface area contributed by atoms with Crippen LogP contribution in [-0.2, 0) is 6.54 Å². The molecule has 0 aromatic heterocycles. The summed E-state index contributed by atoms with van der Waals surface area (Å²) >= 11 is 0. The molecule has 6 nitrogen and oxygen atoms in total. The summed E-state index contributed by atoms with van der Waals surface area (Å²) in [5.74, 6) is 0.681. The fraction of sp³-hybridized carbons (Fsp3) is 0.552. The molecule has 4 rings (SSSR count). The van der Waals surface area contributed by atoms with E-state index in [-0.39, 0.29) is 24.0 Å². The molecule has 0 atom stereocenters. The monoisotopic (exact) mass is 498 g/mol. The van der Waals surface area contributed by atoms with E-state index in [1.54, 1.807) is 6.07 Å². The predicted octanol–water partition coefficient (Wildman–Crippen LogP) is 5.57. The van der Waals surface area contributed by atoms with Crippen LogP contribution in [0, 0.1) is 5.82 Å². The maximum atomic E-state index is 13.3. The molecule has 36 heavy (non-hydrogen) atoms. The van der Waals surface area contributed by atoms with Crippen LogP contribution < -0.4 is 20.3 Å². The zero-order valence-corrected chi connectivity index (χ0v) is 22.3. The molecular formula is C29H43FN4O2. The SMILES string of the molecule is CC.CC(C)Oc1ccccc1N1CCN(C2CCC(NC(=O)NCc3cccc(F)c3)CC2)CC1. The molecule has 198 valence electrons. The Balaban J connectivity index is 0.00000176. The molecule has 0 spiro atoms. The van der Waals surface area contributed by atoms with Gasteiger partial charge in [0.05, 0.1) is 11.8 Å². The Morgan fingerprint density at radius 2 is 1.69 bits per heavy atom. The molecule has 0 radical (unpaired) electrons. The van der Waals surface area contributed by atoms with Crippen LogP contribution in [0.2, 0.25) is 0 Å². The van der Waals surface area contributed by atoms with Crippen LogP contribution >= 0.6 is 0 Å². The quantitative estimate of drug-likeness (QED) is 0.524. The summed E-state index contributed by atoms with van der Waals surface area (Å²) in [4.78, 5) is 17.3. The van der Waals surface area contributed by atoms with Gasteiger partial charge in [-0.05, 0) is 69.4 Å². The van der Waals surface area contributed by atoms with E-state index in [9.17, 15) is 9.18 Å². The van der Waals surface area contributed by atoms with Gasteiger partial charge in [-0.3, -0.25) is 4.90 Å². The third-order valence-electron chi connectivity index (χ3n) is 6.77. The van der Waals surface area contributed by atoms with Gasteiger partial charge < -0.3 is 20.3 Å². The number of carbonyl (C=O) groups is 1. The van der Waals surface area contributed by atoms with Gasteiger partial charge in [0, 0.05) is 44.8 Å². The van der Waals surface area contributed by atoms with Crippen molar-refractivity contribution < 1.29 is 13.9 Å². The van der Waals surface area contributed by atoms with E-state index in [4.69, 9.17) is 4.74 Å². The van der Waals surface area contributed by atoms with Gasteiger partial charge >= 0.3 is 6.03 Å². The molecule has 0 bridgehead atoms. The van der Waals surface area contributed by atoms with Crippen molar-refractivity contribution in [2.24, 2.45) is 0 Å². The van der Waals surface area contributed by atoms with Gasteiger partial charge in [0.1, 0.15) is 11.6 Å². The number of halogens is 1. The number of para-hydroxylation sites is 2. The van der Waals surface area contributed by atoms with Gasteiger partial charge in [0.15, 0.2) is 0 Å². The third-order valence-corrected chi connectivity index (χ3v) is 6.77. The molecule has 1 saturated carbocycles. The Labute approximate surface area is 216 Å². The summed E-state index contributed by atoms with van der Waals surface area (Å²) < 4.78 is 19.3. The summed E-state index contributed by atoms with van der Waals surface area (Å²) in [7, 11) is 0. The zero-order valence-electron chi connectivity index (χ0n) is 22.3. The number of urea groups is 1. The number of piperazine rings is 1. The van der Waals surface area contributed by atoms with Crippen LogP contribution in [0.5, 0.6) is 5.75 Å². The van der Waals surface area contributed by atoms with E-state index in [1.807, 2.05) is 26.0 Å². The van der Waals surface area contributed by atoms with Crippen LogP contribution in [0.1, 0.15) is 58.9 Å². The number of amides is 2. The molecule has 1 aliphatic heterocycles. The number of nitrogens with zero attached hydrogens (tertiary/aromatic N) is 2. The normalized spacial score (nSPS) is 20.3. The van der Waals surface area contributed by atoms with Crippen LogP contribution in [0.3, 0.4) is 0 Å². The Bertz CT molecular complexity index is 938. The van der Waals surface area contributed by atoms with Crippen LogP contribution in [-0.4, -0.2) is 55.3 Å². The van der Waals surface area contributed by atoms with Crippen molar-refractivity contribution in [3.05, 3.63) is 59.9 Å². The highest BCUT2D eigenvalue weighted by atomic mass is 19.1. The zero-order chi connectivity index (χ0) is 25.9. The minimum absolute atomic E-state index is 0.162. The van der Waals surface area contributed by atoms with Crippen molar-refractivity contribution in [1.29, 1.82) is 0 Å². The molecule has 2 aliphatic rings. The number of carbonyl (C=O) groups excluding carboxylic acids is 1. The molecule has 1 aliphatic carbocycles. The first kappa shape index (κ1) is 27.8. The molecule has 1 saturated heterocycles. The number of ether oxygens (including phenoxy) is 1. The maximum Gasteiger partial charge on any atom is 0.315 e. The van der Waals surface area contributed by atoms with E-state index >= 15 is 0 Å². The first-order valence-corrected chi connectivity index (χ1v) is 13.5. The fourth-order valence-electron chi connectivity index (χ4n) is 5.05. The summed E-state index contributed by atoms with van der Waals surface area (Å²) in [5.41, 5.74) is 1.95. The lowest BCUT2D eigenvalue weighted by Crippen LogP contribution is -2.52. The van der Waals surface area contributed by atoms with Crippen molar-refractivity contribution in [3.63, 3.8) is 0 Å². The van der Waals surface area contributed by atoms with Gasteiger partial charge in [0.2, 0.25) is 0 Å². The minimum Gasteiger partial charge on any atom is -0.489 e. The van der Waals surface area contributed by atoms with Gasteiger partial charge in [-0.15, -0.1) is 0 Å². The highest BCUT2D eigenvalue weighted by Gasteiger charge is 2.29. The summed E-state index contributed by atoms with van der Waals surface area (Å²) in [6, 6.07) is 15.3. The molecule has 7 heteroatoms. The van der Waals surface area contributed by atoms with Crippen molar-refractivity contribution >= 4 is 11.7 Å². The highest BCUT2D eigenvalue weighted by molar-refractivity contribution is 5.74. The summed E-state index contributed by atoms with van der Waals surface area (Å²) in [5, 5.41) is 5.93. The number of rotatable bonds is 7. The van der Waals surface area contributed by atoms with Crippen molar-refractivity contribution in [2.45, 2.75) is 78.1 Å². The Morgan fingerprint density at radius 3 is 2.36 bits per heavy atom. The molecule has 2 amide bonds. The van der Waals surface area contributed by atoms with E-state index in [0.717, 1.165) is 63.2 Å². The van der Waals surface area contributed by atoms with E-state index < -0.39 is 0 Å². The van der Waals surface area contributed by atoms with E-state index in [2.05, 4.69) is 52.5 Å².